The van der Waals surface area contributed by atoms with E-state index in [9.17, 15) is 9.59 Å². The first kappa shape index (κ1) is 14.9. The summed E-state index contributed by atoms with van der Waals surface area (Å²) in [5, 5.41) is 0. The molecule has 16 heavy (non-hydrogen) atoms. The number of carbonyl (C=O) groups excluding carboxylic acids is 2. The Hall–Kier alpha value is -1.10. The molecule has 0 radical (unpaired) electrons. The third kappa shape index (κ3) is 4.61. The van der Waals surface area contributed by atoms with Crippen molar-refractivity contribution >= 4 is 11.8 Å². The molecule has 0 aliphatic rings. The lowest BCUT2D eigenvalue weighted by atomic mass is 9.91. The predicted molar refractivity (Wildman–Crippen MR) is 63.4 cm³/mol. The molecule has 0 aromatic rings. The van der Waals surface area contributed by atoms with Gasteiger partial charge in [-0.05, 0) is 19.8 Å². The Morgan fingerprint density at radius 3 is 2.12 bits per heavy atom. The van der Waals surface area contributed by atoms with Crippen LogP contribution in [-0.4, -0.2) is 36.3 Å². The number of rotatable bonds is 6. The van der Waals surface area contributed by atoms with Crippen LogP contribution in [0, 0.1) is 11.3 Å². The Kier molecular flexibility index (Phi) is 5.44. The van der Waals surface area contributed by atoms with Crippen molar-refractivity contribution in [1.82, 2.24) is 4.90 Å². The summed E-state index contributed by atoms with van der Waals surface area (Å²) in [4.78, 5) is 24.5. The molecule has 0 aromatic heterocycles. The topological polar surface area (TPSA) is 89.4 Å². The Balaban J connectivity index is 4.75. The van der Waals surface area contributed by atoms with Crippen LogP contribution in [0.4, 0.5) is 0 Å². The highest BCUT2D eigenvalue weighted by atomic mass is 16.2. The predicted octanol–water partition coefficient (Wildman–Crippen LogP) is -0.0588. The Labute approximate surface area is 97.2 Å². The minimum Gasteiger partial charge on any atom is -0.368 e. The SMILES string of the molecule is CC(C)CN(CC(N)=O)C(=O)C(C)(C)CN. The van der Waals surface area contributed by atoms with Crippen molar-refractivity contribution in [2.45, 2.75) is 27.7 Å². The number of carbonyl (C=O) groups is 2. The van der Waals surface area contributed by atoms with Gasteiger partial charge in [0.25, 0.3) is 0 Å². The summed E-state index contributed by atoms with van der Waals surface area (Å²) in [5.41, 5.74) is 10.0. The molecule has 2 amide bonds. The van der Waals surface area contributed by atoms with E-state index < -0.39 is 11.3 Å². The molecule has 0 rings (SSSR count). The van der Waals surface area contributed by atoms with Crippen LogP contribution in [0.2, 0.25) is 0 Å². The first-order chi connectivity index (χ1) is 7.20. The Bertz CT molecular complexity index is 262. The van der Waals surface area contributed by atoms with Crippen LogP contribution < -0.4 is 11.5 Å². The zero-order chi connectivity index (χ0) is 12.9. The lowest BCUT2D eigenvalue weighted by molar-refractivity contribution is -0.143. The quantitative estimate of drug-likeness (QED) is 0.668. The molecule has 4 N–H and O–H groups in total. The first-order valence-electron chi connectivity index (χ1n) is 5.48. The maximum absolute atomic E-state index is 12.1. The van der Waals surface area contributed by atoms with Crippen LogP contribution in [0.15, 0.2) is 0 Å². The van der Waals surface area contributed by atoms with Crippen molar-refractivity contribution in [2.75, 3.05) is 19.6 Å². The molecule has 0 bridgehead atoms. The van der Waals surface area contributed by atoms with Crippen molar-refractivity contribution in [3.8, 4) is 0 Å². The molecule has 0 unspecified atom stereocenters. The minimum atomic E-state index is -0.648. The van der Waals surface area contributed by atoms with Crippen LogP contribution in [0.3, 0.4) is 0 Å². The fraction of sp³-hybridized carbons (Fsp3) is 0.818. The fourth-order valence-electron chi connectivity index (χ4n) is 1.36. The molecule has 0 heterocycles. The summed E-state index contributed by atoms with van der Waals surface area (Å²) in [5.74, 6) is -0.332. The molecule has 5 heteroatoms. The van der Waals surface area contributed by atoms with Gasteiger partial charge in [0.2, 0.25) is 11.8 Å². The van der Waals surface area contributed by atoms with Gasteiger partial charge in [-0.2, -0.15) is 0 Å². The molecule has 0 aromatic carbocycles. The summed E-state index contributed by atoms with van der Waals surface area (Å²) in [6.45, 7) is 8.23. The van der Waals surface area contributed by atoms with Crippen molar-refractivity contribution in [2.24, 2.45) is 22.8 Å². The van der Waals surface area contributed by atoms with E-state index >= 15 is 0 Å². The summed E-state index contributed by atoms with van der Waals surface area (Å²) in [7, 11) is 0. The second-order valence-corrected chi connectivity index (χ2v) is 5.13. The molecule has 0 spiro atoms. The van der Waals surface area contributed by atoms with Gasteiger partial charge in [-0.1, -0.05) is 13.8 Å². The van der Waals surface area contributed by atoms with Crippen LogP contribution in [0.5, 0.6) is 0 Å². The maximum Gasteiger partial charge on any atom is 0.237 e. The van der Waals surface area contributed by atoms with E-state index in [1.807, 2.05) is 13.8 Å². The first-order valence-corrected chi connectivity index (χ1v) is 5.48. The lowest BCUT2D eigenvalue weighted by Crippen LogP contribution is -2.48. The number of nitrogens with two attached hydrogens (primary N) is 2. The third-order valence-corrected chi connectivity index (χ3v) is 2.31. The van der Waals surface area contributed by atoms with Crippen LogP contribution >= 0.6 is 0 Å². The molecule has 0 atom stereocenters. The molecule has 0 saturated carbocycles. The number of nitrogens with zero attached hydrogens (tertiary/aromatic N) is 1. The molecule has 0 saturated heterocycles. The average molecular weight is 229 g/mol. The summed E-state index contributed by atoms with van der Waals surface area (Å²) >= 11 is 0. The molecule has 5 nitrogen and oxygen atoms in total. The second kappa shape index (κ2) is 5.84. The van der Waals surface area contributed by atoms with Gasteiger partial charge in [-0.3, -0.25) is 9.59 Å². The highest BCUT2D eigenvalue weighted by molar-refractivity contribution is 5.87. The standard InChI is InChI=1S/C11H23N3O2/c1-8(2)5-14(6-9(13)15)10(16)11(3,4)7-12/h8H,5-7,12H2,1-4H3,(H2,13,15). The lowest BCUT2D eigenvalue weighted by Gasteiger charge is -2.31. The van der Waals surface area contributed by atoms with Crippen molar-refractivity contribution in [3.63, 3.8) is 0 Å². The highest BCUT2D eigenvalue weighted by Crippen LogP contribution is 2.17. The highest BCUT2D eigenvalue weighted by Gasteiger charge is 2.31. The second-order valence-electron chi connectivity index (χ2n) is 5.13. The van der Waals surface area contributed by atoms with Gasteiger partial charge in [0, 0.05) is 13.1 Å². The molecule has 0 aliphatic heterocycles. The van der Waals surface area contributed by atoms with Gasteiger partial charge in [-0.15, -0.1) is 0 Å². The zero-order valence-electron chi connectivity index (χ0n) is 10.6. The van der Waals surface area contributed by atoms with Crippen molar-refractivity contribution < 1.29 is 9.59 Å². The van der Waals surface area contributed by atoms with Crippen LogP contribution in [0.25, 0.3) is 0 Å². The van der Waals surface area contributed by atoms with Gasteiger partial charge in [0.15, 0.2) is 0 Å². The molecule has 94 valence electrons. The molecule has 0 fully saturated rings. The normalized spacial score (nSPS) is 11.6. The van der Waals surface area contributed by atoms with Gasteiger partial charge in [0.1, 0.15) is 0 Å². The largest absolute Gasteiger partial charge is 0.368 e. The number of amides is 2. The monoisotopic (exact) mass is 229 g/mol. The minimum absolute atomic E-state index is 0.0412. The average Bonchev–Trinajstić information content (AvgIpc) is 2.14. The van der Waals surface area contributed by atoms with Crippen molar-refractivity contribution in [3.05, 3.63) is 0 Å². The van der Waals surface area contributed by atoms with E-state index in [0.717, 1.165) is 0 Å². The number of hydrogen-bond donors (Lipinski definition) is 2. The molecular formula is C11H23N3O2. The van der Waals surface area contributed by atoms with E-state index in [2.05, 4.69) is 0 Å². The van der Waals surface area contributed by atoms with Crippen LogP contribution in [-0.2, 0) is 9.59 Å². The van der Waals surface area contributed by atoms with Gasteiger partial charge in [-0.25, -0.2) is 0 Å². The maximum atomic E-state index is 12.1. The fourth-order valence-corrected chi connectivity index (χ4v) is 1.36. The van der Waals surface area contributed by atoms with Gasteiger partial charge < -0.3 is 16.4 Å². The molecular weight excluding hydrogens is 206 g/mol. The van der Waals surface area contributed by atoms with E-state index in [4.69, 9.17) is 11.5 Å². The van der Waals surface area contributed by atoms with E-state index in [1.165, 1.54) is 4.90 Å². The van der Waals surface area contributed by atoms with Gasteiger partial charge >= 0.3 is 0 Å². The third-order valence-electron chi connectivity index (χ3n) is 2.31. The summed E-state index contributed by atoms with van der Waals surface area (Å²) in [6, 6.07) is 0. The Morgan fingerprint density at radius 2 is 1.81 bits per heavy atom. The van der Waals surface area contributed by atoms with E-state index in [-0.39, 0.29) is 24.9 Å². The zero-order valence-corrected chi connectivity index (χ0v) is 10.6. The van der Waals surface area contributed by atoms with E-state index in [0.29, 0.717) is 6.54 Å². The number of hydrogen-bond acceptors (Lipinski definition) is 3. The number of primary amides is 1. The summed E-state index contributed by atoms with van der Waals surface area (Å²) < 4.78 is 0. The van der Waals surface area contributed by atoms with Gasteiger partial charge in [0.05, 0.1) is 12.0 Å². The molecule has 0 aliphatic carbocycles. The van der Waals surface area contributed by atoms with Crippen molar-refractivity contribution in [1.29, 1.82) is 0 Å². The van der Waals surface area contributed by atoms with E-state index in [1.54, 1.807) is 13.8 Å². The summed E-state index contributed by atoms with van der Waals surface area (Å²) in [6.07, 6.45) is 0. The smallest absolute Gasteiger partial charge is 0.237 e. The van der Waals surface area contributed by atoms with Crippen LogP contribution in [0.1, 0.15) is 27.7 Å². The Morgan fingerprint density at radius 1 is 1.31 bits per heavy atom.